The summed E-state index contributed by atoms with van der Waals surface area (Å²) in [6, 6.07) is 12.7. The third kappa shape index (κ3) is 4.86. The van der Waals surface area contributed by atoms with E-state index >= 15 is 0 Å². The molecule has 0 unspecified atom stereocenters. The minimum Gasteiger partial charge on any atom is -0.370 e. The van der Waals surface area contributed by atoms with E-state index in [1.807, 2.05) is 24.3 Å². The molecular formula is C16H17BrFN3. The zero-order valence-electron chi connectivity index (χ0n) is 11.7. The molecule has 2 rings (SSSR count). The van der Waals surface area contributed by atoms with Crippen LogP contribution in [0.5, 0.6) is 0 Å². The highest BCUT2D eigenvalue weighted by Gasteiger charge is 2.00. The Labute approximate surface area is 132 Å². The summed E-state index contributed by atoms with van der Waals surface area (Å²) in [4.78, 5) is 4.22. The molecule has 0 bridgehead atoms. The van der Waals surface area contributed by atoms with E-state index in [4.69, 9.17) is 5.73 Å². The fraction of sp³-hybridized carbons (Fsp3) is 0.188. The number of aryl methyl sites for hydroxylation is 1. The lowest BCUT2D eigenvalue weighted by Gasteiger charge is -2.07. The molecule has 3 N–H and O–H groups in total. The average Bonchev–Trinajstić information content (AvgIpc) is 2.44. The van der Waals surface area contributed by atoms with Crippen molar-refractivity contribution in [1.82, 2.24) is 0 Å². The zero-order valence-corrected chi connectivity index (χ0v) is 13.3. The highest BCUT2D eigenvalue weighted by molar-refractivity contribution is 9.10. The van der Waals surface area contributed by atoms with Crippen LogP contribution in [-0.4, -0.2) is 5.96 Å². The van der Waals surface area contributed by atoms with E-state index in [1.54, 1.807) is 0 Å². The van der Waals surface area contributed by atoms with E-state index in [9.17, 15) is 4.39 Å². The van der Waals surface area contributed by atoms with Gasteiger partial charge in [0, 0.05) is 10.2 Å². The summed E-state index contributed by atoms with van der Waals surface area (Å²) in [5, 5.41) is 3.04. The number of benzene rings is 2. The Morgan fingerprint density at radius 1 is 1.24 bits per heavy atom. The van der Waals surface area contributed by atoms with Crippen LogP contribution in [-0.2, 0) is 13.0 Å². The second-order valence-electron chi connectivity index (χ2n) is 4.66. The van der Waals surface area contributed by atoms with Gasteiger partial charge in [-0.05, 0) is 47.9 Å². The first-order chi connectivity index (χ1) is 10.1. The van der Waals surface area contributed by atoms with Gasteiger partial charge < -0.3 is 11.1 Å². The lowest BCUT2D eigenvalue weighted by Crippen LogP contribution is -2.22. The minimum absolute atomic E-state index is 0.295. The molecule has 0 radical (unpaired) electrons. The number of guanidine groups is 1. The second-order valence-corrected chi connectivity index (χ2v) is 5.57. The molecular weight excluding hydrogens is 333 g/mol. The maximum atomic E-state index is 13.3. The molecule has 0 aliphatic rings. The van der Waals surface area contributed by atoms with Crippen molar-refractivity contribution in [2.24, 2.45) is 10.7 Å². The molecule has 0 aliphatic carbocycles. The van der Waals surface area contributed by atoms with Gasteiger partial charge in [-0.25, -0.2) is 9.38 Å². The second kappa shape index (κ2) is 7.22. The summed E-state index contributed by atoms with van der Waals surface area (Å²) in [5.74, 6) is 0.0142. The lowest BCUT2D eigenvalue weighted by atomic mass is 10.1. The van der Waals surface area contributed by atoms with Crippen LogP contribution in [0.3, 0.4) is 0 Å². The van der Waals surface area contributed by atoms with Gasteiger partial charge in [-0.1, -0.05) is 35.0 Å². The fourth-order valence-corrected chi connectivity index (χ4v) is 2.45. The first-order valence-corrected chi connectivity index (χ1v) is 7.47. The first-order valence-electron chi connectivity index (χ1n) is 6.67. The Kier molecular flexibility index (Phi) is 5.33. The predicted molar refractivity (Wildman–Crippen MR) is 88.9 cm³/mol. The predicted octanol–water partition coefficient (Wildman–Crippen LogP) is 4.08. The van der Waals surface area contributed by atoms with Gasteiger partial charge in [-0.15, -0.1) is 0 Å². The molecule has 3 nitrogen and oxygen atoms in total. The Morgan fingerprint density at radius 2 is 2.05 bits per heavy atom. The van der Waals surface area contributed by atoms with E-state index in [0.717, 1.165) is 17.7 Å². The van der Waals surface area contributed by atoms with Gasteiger partial charge in [-0.3, -0.25) is 0 Å². The van der Waals surface area contributed by atoms with E-state index in [0.29, 0.717) is 17.0 Å². The highest BCUT2D eigenvalue weighted by Crippen LogP contribution is 2.16. The highest BCUT2D eigenvalue weighted by atomic mass is 79.9. The van der Waals surface area contributed by atoms with Crippen LogP contribution in [0.15, 0.2) is 51.9 Å². The number of hydrogen-bond donors (Lipinski definition) is 2. The number of nitrogens with zero attached hydrogens (tertiary/aromatic N) is 1. The Morgan fingerprint density at radius 3 is 2.76 bits per heavy atom. The minimum atomic E-state index is -0.295. The normalized spacial score (nSPS) is 11.5. The molecule has 0 atom stereocenters. The number of nitrogens with two attached hydrogens (primary N) is 1. The van der Waals surface area contributed by atoms with E-state index in [1.165, 1.54) is 17.7 Å². The molecule has 0 fully saturated rings. The monoisotopic (exact) mass is 349 g/mol. The maximum Gasteiger partial charge on any atom is 0.193 e. The van der Waals surface area contributed by atoms with Crippen molar-refractivity contribution < 1.29 is 4.39 Å². The molecule has 5 heteroatoms. The third-order valence-electron chi connectivity index (χ3n) is 2.96. The molecule has 0 aliphatic heterocycles. The number of halogens is 2. The molecule has 110 valence electrons. The van der Waals surface area contributed by atoms with Gasteiger partial charge in [-0.2, -0.15) is 0 Å². The summed E-state index contributed by atoms with van der Waals surface area (Å²) in [6.45, 7) is 2.42. The Hall–Kier alpha value is -1.88. The average molecular weight is 350 g/mol. The van der Waals surface area contributed by atoms with Crippen LogP contribution in [0.1, 0.15) is 18.1 Å². The van der Waals surface area contributed by atoms with Gasteiger partial charge in [0.05, 0.1) is 6.54 Å². The van der Waals surface area contributed by atoms with Crippen molar-refractivity contribution in [1.29, 1.82) is 0 Å². The van der Waals surface area contributed by atoms with Gasteiger partial charge >= 0.3 is 0 Å². The smallest absolute Gasteiger partial charge is 0.193 e. The zero-order chi connectivity index (χ0) is 15.2. The Balaban J connectivity index is 2.03. The molecule has 21 heavy (non-hydrogen) atoms. The van der Waals surface area contributed by atoms with Crippen LogP contribution in [0.25, 0.3) is 0 Å². The van der Waals surface area contributed by atoms with Gasteiger partial charge in [0.1, 0.15) is 5.82 Å². The van der Waals surface area contributed by atoms with Crippen molar-refractivity contribution in [3.05, 3.63) is 63.9 Å². The molecule has 0 heterocycles. The lowest BCUT2D eigenvalue weighted by molar-refractivity contribution is 0.624. The molecule has 0 saturated carbocycles. The topological polar surface area (TPSA) is 50.4 Å². The number of anilines is 1. The fourth-order valence-electron chi connectivity index (χ4n) is 1.94. The summed E-state index contributed by atoms with van der Waals surface area (Å²) < 4.78 is 13.9. The number of hydrogen-bond acceptors (Lipinski definition) is 1. The maximum absolute atomic E-state index is 13.3. The largest absolute Gasteiger partial charge is 0.370 e. The number of rotatable bonds is 4. The van der Waals surface area contributed by atoms with Gasteiger partial charge in [0.2, 0.25) is 0 Å². The summed E-state index contributed by atoms with van der Waals surface area (Å²) >= 11 is 3.25. The molecule has 0 aromatic heterocycles. The quantitative estimate of drug-likeness (QED) is 0.645. The van der Waals surface area contributed by atoms with Crippen LogP contribution in [0, 0.1) is 5.82 Å². The van der Waals surface area contributed by atoms with Crippen LogP contribution in [0.2, 0.25) is 0 Å². The van der Waals surface area contributed by atoms with Crippen molar-refractivity contribution in [3.8, 4) is 0 Å². The molecule has 0 saturated heterocycles. The van der Waals surface area contributed by atoms with Crippen molar-refractivity contribution in [2.75, 3.05) is 5.32 Å². The standard InChI is InChI=1S/C16H17BrFN3/c1-2-11-4-3-5-15(8-11)21-16(19)20-10-12-6-13(17)9-14(18)7-12/h3-9H,2,10H2,1H3,(H3,19,20,21). The van der Waals surface area contributed by atoms with Gasteiger partial charge in [0.25, 0.3) is 0 Å². The SMILES string of the molecule is CCc1cccc(NC(N)=NCc2cc(F)cc(Br)c2)c1. The van der Waals surface area contributed by atoms with Crippen molar-refractivity contribution >= 4 is 27.6 Å². The van der Waals surface area contributed by atoms with E-state index in [-0.39, 0.29) is 5.82 Å². The molecule has 0 spiro atoms. The molecule has 2 aromatic rings. The van der Waals surface area contributed by atoms with Gasteiger partial charge in [0.15, 0.2) is 5.96 Å². The van der Waals surface area contributed by atoms with E-state index in [2.05, 4.69) is 39.2 Å². The van der Waals surface area contributed by atoms with Crippen LogP contribution >= 0.6 is 15.9 Å². The van der Waals surface area contributed by atoms with Crippen LogP contribution < -0.4 is 11.1 Å². The summed E-state index contributed by atoms with van der Waals surface area (Å²) in [6.07, 6.45) is 0.962. The first kappa shape index (κ1) is 15.5. The van der Waals surface area contributed by atoms with E-state index < -0.39 is 0 Å². The summed E-state index contributed by atoms with van der Waals surface area (Å²) in [5.41, 5.74) is 8.74. The summed E-state index contributed by atoms with van der Waals surface area (Å²) in [7, 11) is 0. The number of aliphatic imine (C=N–C) groups is 1. The van der Waals surface area contributed by atoms with Crippen molar-refractivity contribution in [3.63, 3.8) is 0 Å². The molecule has 0 amide bonds. The molecule has 2 aromatic carbocycles. The Bertz CT molecular complexity index is 635. The van der Waals surface area contributed by atoms with Crippen molar-refractivity contribution in [2.45, 2.75) is 19.9 Å². The third-order valence-corrected chi connectivity index (χ3v) is 3.42. The van der Waals surface area contributed by atoms with Crippen LogP contribution in [0.4, 0.5) is 10.1 Å². The number of nitrogens with one attached hydrogen (secondary N) is 1.